The van der Waals surface area contributed by atoms with Crippen molar-refractivity contribution in [1.29, 1.82) is 0 Å². The summed E-state index contributed by atoms with van der Waals surface area (Å²) in [4.78, 5) is 24.5. The maximum Gasteiger partial charge on any atom is 0.251 e. The van der Waals surface area contributed by atoms with E-state index in [0.29, 0.717) is 29.1 Å². The Labute approximate surface area is 187 Å². The second-order valence-corrected chi connectivity index (χ2v) is 9.20. The van der Waals surface area contributed by atoms with Crippen LogP contribution in [0.25, 0.3) is 0 Å². The number of hydrogen-bond acceptors (Lipinski definition) is 5. The van der Waals surface area contributed by atoms with Gasteiger partial charge in [-0.25, -0.2) is 8.42 Å². The van der Waals surface area contributed by atoms with Crippen molar-refractivity contribution < 1.29 is 22.7 Å². The highest BCUT2D eigenvalue weighted by atomic mass is 32.2. The van der Waals surface area contributed by atoms with Crippen molar-refractivity contribution in [1.82, 2.24) is 5.32 Å². The Morgan fingerprint density at radius 2 is 1.53 bits per heavy atom. The Kier molecular flexibility index (Phi) is 7.62. The molecule has 0 heterocycles. The molecule has 0 fully saturated rings. The van der Waals surface area contributed by atoms with Crippen LogP contribution in [0.4, 0.5) is 5.69 Å². The number of nitrogens with one attached hydrogen (secondary N) is 2. The van der Waals surface area contributed by atoms with Gasteiger partial charge < -0.3 is 15.4 Å². The van der Waals surface area contributed by atoms with Gasteiger partial charge in [0.2, 0.25) is 5.91 Å². The standard InChI is InChI=1S/C24H24N2O5S/c1-31-22-10-6-5-7-20(22)15-25-24(28)19-13-11-18(12-14-19)16-32(29,30)17-23(27)26-21-8-3-2-4-9-21/h2-14H,15-17H2,1H3,(H,25,28)(H,26,27). The molecule has 2 N–H and O–H groups in total. The van der Waals surface area contributed by atoms with Crippen LogP contribution in [0.3, 0.4) is 0 Å². The molecule has 7 nitrogen and oxygen atoms in total. The van der Waals surface area contributed by atoms with Crippen molar-refractivity contribution in [2.75, 3.05) is 18.2 Å². The molecule has 0 saturated carbocycles. The summed E-state index contributed by atoms with van der Waals surface area (Å²) in [6, 6.07) is 22.3. The summed E-state index contributed by atoms with van der Waals surface area (Å²) >= 11 is 0. The predicted molar refractivity (Wildman–Crippen MR) is 123 cm³/mol. The summed E-state index contributed by atoms with van der Waals surface area (Å²) < 4.78 is 30.0. The van der Waals surface area contributed by atoms with Crippen LogP contribution in [0.1, 0.15) is 21.5 Å². The van der Waals surface area contributed by atoms with E-state index in [4.69, 9.17) is 4.74 Å². The number of anilines is 1. The number of hydrogen-bond donors (Lipinski definition) is 2. The van der Waals surface area contributed by atoms with Crippen LogP contribution in [0.5, 0.6) is 5.75 Å². The second-order valence-electron chi connectivity index (χ2n) is 7.14. The topological polar surface area (TPSA) is 102 Å². The Morgan fingerprint density at radius 1 is 0.875 bits per heavy atom. The highest BCUT2D eigenvalue weighted by Gasteiger charge is 2.18. The van der Waals surface area contributed by atoms with Crippen LogP contribution in [-0.4, -0.2) is 33.1 Å². The van der Waals surface area contributed by atoms with Gasteiger partial charge in [0.25, 0.3) is 5.91 Å². The largest absolute Gasteiger partial charge is 0.496 e. The van der Waals surface area contributed by atoms with Gasteiger partial charge in [-0.15, -0.1) is 0 Å². The zero-order valence-corrected chi connectivity index (χ0v) is 18.4. The highest BCUT2D eigenvalue weighted by Crippen LogP contribution is 2.17. The smallest absolute Gasteiger partial charge is 0.251 e. The number of carbonyl (C=O) groups excluding carboxylic acids is 2. The van der Waals surface area contributed by atoms with Gasteiger partial charge in [-0.1, -0.05) is 48.5 Å². The summed E-state index contributed by atoms with van der Waals surface area (Å²) in [6.45, 7) is 0.301. The maximum absolute atomic E-state index is 12.4. The number of carbonyl (C=O) groups is 2. The van der Waals surface area contributed by atoms with E-state index in [1.54, 1.807) is 61.7 Å². The van der Waals surface area contributed by atoms with E-state index in [1.165, 1.54) is 0 Å². The van der Waals surface area contributed by atoms with Gasteiger partial charge in [-0.2, -0.15) is 0 Å². The molecule has 0 spiro atoms. The number of sulfone groups is 1. The van der Waals surface area contributed by atoms with E-state index >= 15 is 0 Å². The molecule has 0 aliphatic rings. The SMILES string of the molecule is COc1ccccc1CNC(=O)c1ccc(CS(=O)(=O)CC(=O)Nc2ccccc2)cc1. The van der Waals surface area contributed by atoms with Crippen molar-refractivity contribution in [3.05, 3.63) is 95.6 Å². The normalized spacial score (nSPS) is 10.9. The van der Waals surface area contributed by atoms with Crippen LogP contribution >= 0.6 is 0 Å². The lowest BCUT2D eigenvalue weighted by Gasteiger charge is -2.10. The minimum absolute atomic E-state index is 0.285. The van der Waals surface area contributed by atoms with Crippen LogP contribution in [-0.2, 0) is 26.9 Å². The molecule has 8 heteroatoms. The molecule has 0 saturated heterocycles. The van der Waals surface area contributed by atoms with E-state index in [1.807, 2.05) is 24.3 Å². The first-order valence-corrected chi connectivity index (χ1v) is 11.7. The van der Waals surface area contributed by atoms with Gasteiger partial charge in [0, 0.05) is 23.4 Å². The van der Waals surface area contributed by atoms with Crippen molar-refractivity contribution in [2.24, 2.45) is 0 Å². The zero-order valence-electron chi connectivity index (χ0n) is 17.6. The monoisotopic (exact) mass is 452 g/mol. The molecule has 3 aromatic rings. The molecule has 2 amide bonds. The fraction of sp³-hybridized carbons (Fsp3) is 0.167. The molecule has 166 valence electrons. The van der Waals surface area contributed by atoms with Crippen LogP contribution in [0, 0.1) is 0 Å². The lowest BCUT2D eigenvalue weighted by atomic mass is 10.1. The molecule has 32 heavy (non-hydrogen) atoms. The van der Waals surface area contributed by atoms with Crippen LogP contribution in [0.15, 0.2) is 78.9 Å². The summed E-state index contributed by atoms with van der Waals surface area (Å²) in [6.07, 6.45) is 0. The number of rotatable bonds is 9. The Bertz CT molecular complexity index is 1180. The van der Waals surface area contributed by atoms with Gasteiger partial charge in [0.05, 0.1) is 12.9 Å². The quantitative estimate of drug-likeness (QED) is 0.519. The van der Waals surface area contributed by atoms with Crippen molar-refractivity contribution in [3.8, 4) is 5.75 Å². The Hall–Kier alpha value is -3.65. The Morgan fingerprint density at radius 3 is 2.22 bits per heavy atom. The third kappa shape index (κ3) is 6.68. The first-order chi connectivity index (χ1) is 15.4. The number of benzene rings is 3. The average Bonchev–Trinajstić information content (AvgIpc) is 2.78. The lowest BCUT2D eigenvalue weighted by molar-refractivity contribution is -0.113. The van der Waals surface area contributed by atoms with Crippen LogP contribution in [0.2, 0.25) is 0 Å². The number of methoxy groups -OCH3 is 1. The van der Waals surface area contributed by atoms with Gasteiger partial charge in [-0.3, -0.25) is 9.59 Å². The molecule has 0 aliphatic heterocycles. The molecular formula is C24H24N2O5S. The second kappa shape index (κ2) is 10.6. The van der Waals surface area contributed by atoms with Crippen molar-refractivity contribution in [2.45, 2.75) is 12.3 Å². The fourth-order valence-electron chi connectivity index (χ4n) is 3.10. The molecule has 3 rings (SSSR count). The zero-order chi connectivity index (χ0) is 23.0. The molecule has 0 atom stereocenters. The predicted octanol–water partition coefficient (Wildman–Crippen LogP) is 3.18. The van der Waals surface area contributed by atoms with Gasteiger partial charge in [0.15, 0.2) is 9.84 Å². The van der Waals surface area contributed by atoms with Gasteiger partial charge in [-0.05, 0) is 35.9 Å². The number of para-hydroxylation sites is 2. The molecule has 0 bridgehead atoms. The number of amides is 2. The van der Waals surface area contributed by atoms with Gasteiger partial charge in [0.1, 0.15) is 11.5 Å². The Balaban J connectivity index is 1.55. The fourth-order valence-corrected chi connectivity index (χ4v) is 4.38. The average molecular weight is 453 g/mol. The van der Waals surface area contributed by atoms with E-state index in [0.717, 1.165) is 5.56 Å². The first-order valence-electron chi connectivity index (χ1n) is 9.90. The third-order valence-corrected chi connectivity index (χ3v) is 6.12. The summed E-state index contributed by atoms with van der Waals surface area (Å²) in [5.41, 5.74) is 2.29. The molecule has 0 aliphatic carbocycles. The summed E-state index contributed by atoms with van der Waals surface area (Å²) in [5.74, 6) is -1.11. The number of ether oxygens (including phenoxy) is 1. The molecule has 0 radical (unpaired) electrons. The first kappa shape index (κ1) is 23.0. The minimum atomic E-state index is -3.67. The summed E-state index contributed by atoms with van der Waals surface area (Å²) in [7, 11) is -2.10. The molecular weight excluding hydrogens is 428 g/mol. The van der Waals surface area contributed by atoms with E-state index < -0.39 is 21.5 Å². The van der Waals surface area contributed by atoms with E-state index in [-0.39, 0.29) is 11.7 Å². The van der Waals surface area contributed by atoms with Crippen molar-refractivity contribution in [3.63, 3.8) is 0 Å². The van der Waals surface area contributed by atoms with E-state index in [2.05, 4.69) is 10.6 Å². The molecule has 0 unspecified atom stereocenters. The van der Waals surface area contributed by atoms with E-state index in [9.17, 15) is 18.0 Å². The third-order valence-electron chi connectivity index (χ3n) is 4.64. The van der Waals surface area contributed by atoms with Gasteiger partial charge >= 0.3 is 0 Å². The van der Waals surface area contributed by atoms with Crippen molar-refractivity contribution >= 4 is 27.3 Å². The summed E-state index contributed by atoms with van der Waals surface area (Å²) in [5, 5.41) is 5.38. The minimum Gasteiger partial charge on any atom is -0.496 e. The maximum atomic E-state index is 12.4. The molecule has 3 aromatic carbocycles. The lowest BCUT2D eigenvalue weighted by Crippen LogP contribution is -2.24. The van der Waals surface area contributed by atoms with Crippen LogP contribution < -0.4 is 15.4 Å². The molecule has 0 aromatic heterocycles. The highest BCUT2D eigenvalue weighted by molar-refractivity contribution is 7.91.